The zero-order valence-electron chi connectivity index (χ0n) is 15.8. The van der Waals surface area contributed by atoms with Crippen LogP contribution in [0.15, 0.2) is 36.5 Å². The number of nitrogens with zero attached hydrogens (tertiary/aromatic N) is 3. The highest BCUT2D eigenvalue weighted by Gasteiger charge is 2.23. The second-order valence-corrected chi connectivity index (χ2v) is 7.09. The molecule has 0 radical (unpaired) electrons. The maximum Gasteiger partial charge on any atom is 0.207 e. The molecule has 0 saturated heterocycles. The second-order valence-electron chi connectivity index (χ2n) is 6.73. The molecule has 0 fully saturated rings. The Balaban J connectivity index is 1.57. The van der Waals surface area contributed by atoms with Crippen molar-refractivity contribution in [1.29, 1.82) is 0 Å². The second kappa shape index (κ2) is 7.70. The summed E-state index contributed by atoms with van der Waals surface area (Å²) in [6, 6.07) is 10.2. The molecule has 0 spiro atoms. The quantitative estimate of drug-likeness (QED) is 0.661. The molecule has 0 bridgehead atoms. The van der Waals surface area contributed by atoms with E-state index in [-0.39, 0.29) is 0 Å². The number of fused-ring (bicyclic) bond motifs is 2. The van der Waals surface area contributed by atoms with Gasteiger partial charge < -0.3 is 14.4 Å². The van der Waals surface area contributed by atoms with Crippen molar-refractivity contribution in [1.82, 2.24) is 14.2 Å². The Hall–Kier alpha value is -2.38. The van der Waals surface area contributed by atoms with E-state index in [1.807, 2.05) is 47.3 Å². The van der Waals surface area contributed by atoms with Crippen LogP contribution in [0.4, 0.5) is 0 Å². The fourth-order valence-corrected chi connectivity index (χ4v) is 3.92. The van der Waals surface area contributed by atoms with Gasteiger partial charge in [0.15, 0.2) is 23.8 Å². The van der Waals surface area contributed by atoms with Gasteiger partial charge in [0, 0.05) is 18.2 Å². The minimum absolute atomic E-state index is 0.631. The van der Waals surface area contributed by atoms with Crippen LogP contribution >= 0.6 is 12.2 Å². The summed E-state index contributed by atoms with van der Waals surface area (Å²) in [5.74, 6) is 1.69. The maximum atomic E-state index is 5.80. The Morgan fingerprint density at radius 1 is 1.11 bits per heavy atom. The highest BCUT2D eigenvalue weighted by atomic mass is 32.1. The molecule has 142 valence electrons. The molecule has 1 aliphatic rings. The van der Waals surface area contributed by atoms with Crippen molar-refractivity contribution < 1.29 is 14.4 Å². The molecule has 2 aromatic heterocycles. The van der Waals surface area contributed by atoms with Gasteiger partial charge in [-0.05, 0) is 55.9 Å². The normalized spacial score (nSPS) is 16.3. The third-order valence-electron chi connectivity index (χ3n) is 4.92. The van der Waals surface area contributed by atoms with E-state index in [1.165, 1.54) is 16.0 Å². The van der Waals surface area contributed by atoms with Gasteiger partial charge in [0.2, 0.25) is 4.77 Å². The number of rotatable bonds is 6. The lowest BCUT2D eigenvalue weighted by Crippen LogP contribution is -3.11. The van der Waals surface area contributed by atoms with Crippen molar-refractivity contribution >= 4 is 17.9 Å². The first-order valence-electron chi connectivity index (χ1n) is 9.48. The molecule has 7 heteroatoms. The third-order valence-corrected chi connectivity index (χ3v) is 5.32. The van der Waals surface area contributed by atoms with Crippen LogP contribution < -0.4 is 14.4 Å². The standard InChI is InChI=1S/C20H24N4O2S/c1-3-25-17-11-15-8-10-22(13-16(15)12-18(17)26-4-2)14-24-20(27)23-9-6-5-7-19(23)21-24/h5-7,9,11-12H,3-4,8,10,13-14H2,1-2H3/p+1. The van der Waals surface area contributed by atoms with E-state index in [4.69, 9.17) is 21.7 Å². The summed E-state index contributed by atoms with van der Waals surface area (Å²) in [4.78, 5) is 1.44. The lowest BCUT2D eigenvalue weighted by molar-refractivity contribution is -0.939. The monoisotopic (exact) mass is 385 g/mol. The lowest BCUT2D eigenvalue weighted by atomic mass is 9.99. The molecule has 0 amide bonds. The number of aromatic nitrogens is 3. The van der Waals surface area contributed by atoms with Gasteiger partial charge >= 0.3 is 0 Å². The topological polar surface area (TPSA) is 45.1 Å². The number of pyridine rings is 1. The van der Waals surface area contributed by atoms with Crippen LogP contribution in [-0.2, 0) is 19.6 Å². The van der Waals surface area contributed by atoms with Crippen LogP contribution in [-0.4, -0.2) is 33.9 Å². The summed E-state index contributed by atoms with van der Waals surface area (Å²) < 4.78 is 16.2. The van der Waals surface area contributed by atoms with Crippen molar-refractivity contribution in [3.05, 3.63) is 52.4 Å². The van der Waals surface area contributed by atoms with Crippen LogP contribution in [0.2, 0.25) is 0 Å². The molecule has 6 nitrogen and oxygen atoms in total. The van der Waals surface area contributed by atoms with Gasteiger partial charge in [-0.1, -0.05) is 6.07 Å². The van der Waals surface area contributed by atoms with Crippen LogP contribution in [0.1, 0.15) is 25.0 Å². The SMILES string of the molecule is CCOc1cc2c(cc1OCC)C[NH+](Cn1nc3ccccn3c1=S)CC2. The molecular formula is C20H25N4O2S+. The molecule has 0 saturated carbocycles. The Labute approximate surface area is 163 Å². The van der Waals surface area contributed by atoms with Gasteiger partial charge in [0.1, 0.15) is 6.54 Å². The fraction of sp³-hybridized carbons (Fsp3) is 0.400. The van der Waals surface area contributed by atoms with Gasteiger partial charge in [-0.25, -0.2) is 0 Å². The molecule has 4 rings (SSSR count). The Bertz CT molecular complexity index is 1010. The Morgan fingerprint density at radius 2 is 1.85 bits per heavy atom. The van der Waals surface area contributed by atoms with Crippen molar-refractivity contribution in [3.63, 3.8) is 0 Å². The van der Waals surface area contributed by atoms with Gasteiger partial charge in [-0.3, -0.25) is 4.40 Å². The largest absolute Gasteiger partial charge is 0.490 e. The van der Waals surface area contributed by atoms with Crippen LogP contribution in [0.25, 0.3) is 5.65 Å². The summed E-state index contributed by atoms with van der Waals surface area (Å²) in [7, 11) is 0. The van der Waals surface area contributed by atoms with E-state index in [2.05, 4.69) is 17.2 Å². The smallest absolute Gasteiger partial charge is 0.207 e. The van der Waals surface area contributed by atoms with E-state index in [0.717, 1.165) is 48.1 Å². The molecule has 1 aromatic carbocycles. The number of quaternary nitrogens is 1. The predicted molar refractivity (Wildman–Crippen MR) is 106 cm³/mol. The zero-order valence-corrected chi connectivity index (χ0v) is 16.6. The number of nitrogens with one attached hydrogen (secondary N) is 1. The summed E-state index contributed by atoms with van der Waals surface area (Å²) >= 11 is 5.59. The van der Waals surface area contributed by atoms with E-state index in [1.54, 1.807) is 0 Å². The van der Waals surface area contributed by atoms with Crippen molar-refractivity contribution in [2.24, 2.45) is 0 Å². The zero-order chi connectivity index (χ0) is 18.8. The molecule has 27 heavy (non-hydrogen) atoms. The van der Waals surface area contributed by atoms with Crippen LogP contribution in [0.3, 0.4) is 0 Å². The van der Waals surface area contributed by atoms with Crippen LogP contribution in [0.5, 0.6) is 11.5 Å². The van der Waals surface area contributed by atoms with Gasteiger partial charge in [-0.2, -0.15) is 4.68 Å². The summed E-state index contributed by atoms with van der Waals surface area (Å²) in [6.07, 6.45) is 2.98. The first-order valence-corrected chi connectivity index (χ1v) is 9.89. The molecule has 0 aliphatic carbocycles. The van der Waals surface area contributed by atoms with E-state index in [0.29, 0.717) is 13.2 Å². The molecule has 1 aliphatic heterocycles. The van der Waals surface area contributed by atoms with E-state index < -0.39 is 0 Å². The van der Waals surface area contributed by atoms with Crippen molar-refractivity contribution in [3.8, 4) is 11.5 Å². The highest BCUT2D eigenvalue weighted by Crippen LogP contribution is 2.32. The van der Waals surface area contributed by atoms with Crippen molar-refractivity contribution in [2.75, 3.05) is 19.8 Å². The summed E-state index contributed by atoms with van der Waals surface area (Å²) in [6.45, 7) is 8.00. The lowest BCUT2D eigenvalue weighted by Gasteiger charge is -2.26. The number of hydrogen-bond acceptors (Lipinski definition) is 4. The van der Waals surface area contributed by atoms with Gasteiger partial charge in [-0.15, -0.1) is 5.10 Å². The van der Waals surface area contributed by atoms with Crippen LogP contribution in [0, 0.1) is 4.77 Å². The average Bonchev–Trinajstić information content (AvgIpc) is 2.99. The molecule has 1 unspecified atom stereocenters. The maximum absolute atomic E-state index is 5.80. The Kier molecular flexibility index (Phi) is 5.13. The predicted octanol–water partition coefficient (Wildman–Crippen LogP) is 2.26. The molecule has 1 atom stereocenters. The number of hydrogen-bond donors (Lipinski definition) is 1. The Morgan fingerprint density at radius 3 is 2.56 bits per heavy atom. The molecular weight excluding hydrogens is 360 g/mol. The number of benzene rings is 1. The van der Waals surface area contributed by atoms with Gasteiger partial charge in [0.25, 0.3) is 0 Å². The average molecular weight is 386 g/mol. The fourth-order valence-electron chi connectivity index (χ4n) is 3.67. The minimum Gasteiger partial charge on any atom is -0.490 e. The summed E-state index contributed by atoms with van der Waals surface area (Å²) in [5.41, 5.74) is 3.56. The number of ether oxygens (including phenoxy) is 2. The summed E-state index contributed by atoms with van der Waals surface area (Å²) in [5, 5.41) is 4.66. The molecule has 1 N–H and O–H groups in total. The molecule has 3 aromatic rings. The first-order chi connectivity index (χ1) is 13.2. The van der Waals surface area contributed by atoms with E-state index >= 15 is 0 Å². The molecule has 3 heterocycles. The third kappa shape index (κ3) is 3.57. The van der Waals surface area contributed by atoms with Gasteiger partial charge in [0.05, 0.1) is 19.8 Å². The van der Waals surface area contributed by atoms with E-state index in [9.17, 15) is 0 Å². The minimum atomic E-state index is 0.631. The van der Waals surface area contributed by atoms with Crippen molar-refractivity contribution in [2.45, 2.75) is 33.5 Å². The first kappa shape index (κ1) is 18.0. The highest BCUT2D eigenvalue weighted by molar-refractivity contribution is 7.71.